The van der Waals surface area contributed by atoms with Crippen LogP contribution in [-0.4, -0.2) is 31.1 Å². The number of thiophene rings is 1. The van der Waals surface area contributed by atoms with Gasteiger partial charge in [0, 0.05) is 12.6 Å². The Labute approximate surface area is 110 Å². The van der Waals surface area contributed by atoms with Crippen LogP contribution in [0.3, 0.4) is 0 Å². The second kappa shape index (κ2) is 6.15. The zero-order valence-electron chi connectivity index (χ0n) is 9.71. The fraction of sp³-hybridized carbons (Fsp3) is 0.667. The van der Waals surface area contributed by atoms with Crippen molar-refractivity contribution in [2.24, 2.45) is 0 Å². The van der Waals surface area contributed by atoms with E-state index >= 15 is 0 Å². The summed E-state index contributed by atoms with van der Waals surface area (Å²) in [5.41, 5.74) is 1.43. The van der Waals surface area contributed by atoms with E-state index in [4.69, 9.17) is 0 Å². The highest BCUT2D eigenvalue weighted by Crippen LogP contribution is 2.23. The molecule has 4 heteroatoms. The smallest absolute Gasteiger partial charge is 0.0701 e. The van der Waals surface area contributed by atoms with E-state index in [1.807, 2.05) is 0 Å². The summed E-state index contributed by atoms with van der Waals surface area (Å²) in [5, 5.41) is 5.71. The summed E-state index contributed by atoms with van der Waals surface area (Å²) >= 11 is 5.30. The van der Waals surface area contributed by atoms with Gasteiger partial charge in [0.05, 0.1) is 3.79 Å². The molecule has 2 rings (SSSR count). The molecule has 0 radical (unpaired) electrons. The van der Waals surface area contributed by atoms with Gasteiger partial charge in [-0.1, -0.05) is 0 Å². The standard InChI is InChI=1S/C12H19BrN2S/c1-15(8-10-7-12(13)16-9-10)11-3-2-5-14-6-4-11/h7,9,11,14H,2-6,8H2,1H3. The molecule has 1 atom stereocenters. The van der Waals surface area contributed by atoms with Crippen molar-refractivity contribution in [3.63, 3.8) is 0 Å². The van der Waals surface area contributed by atoms with Crippen molar-refractivity contribution in [1.82, 2.24) is 10.2 Å². The predicted octanol–water partition coefficient (Wildman–Crippen LogP) is 3.08. The van der Waals surface area contributed by atoms with Crippen LogP contribution in [0.1, 0.15) is 24.8 Å². The maximum atomic E-state index is 3.52. The average molecular weight is 303 g/mol. The van der Waals surface area contributed by atoms with E-state index in [2.05, 4.69) is 44.6 Å². The molecular formula is C12H19BrN2S. The Morgan fingerprint density at radius 3 is 3.12 bits per heavy atom. The average Bonchev–Trinajstić information content (AvgIpc) is 2.56. The first-order chi connectivity index (χ1) is 7.75. The number of halogens is 1. The minimum absolute atomic E-state index is 0.744. The van der Waals surface area contributed by atoms with Crippen molar-refractivity contribution in [2.45, 2.75) is 31.8 Å². The number of hydrogen-bond acceptors (Lipinski definition) is 3. The first-order valence-corrected chi connectivity index (χ1v) is 7.57. The Bertz CT molecular complexity index is 319. The molecule has 1 fully saturated rings. The molecule has 0 bridgehead atoms. The van der Waals surface area contributed by atoms with Gasteiger partial charge in [0.1, 0.15) is 0 Å². The first-order valence-electron chi connectivity index (χ1n) is 5.89. The second-order valence-corrected chi connectivity index (χ2v) is 6.80. The quantitative estimate of drug-likeness (QED) is 0.923. The number of nitrogens with zero attached hydrogens (tertiary/aromatic N) is 1. The van der Waals surface area contributed by atoms with Gasteiger partial charge in [-0.15, -0.1) is 11.3 Å². The van der Waals surface area contributed by atoms with Gasteiger partial charge in [0.25, 0.3) is 0 Å². The molecule has 16 heavy (non-hydrogen) atoms. The predicted molar refractivity (Wildman–Crippen MR) is 74.0 cm³/mol. The van der Waals surface area contributed by atoms with Crippen molar-refractivity contribution < 1.29 is 0 Å². The SMILES string of the molecule is CN(Cc1csc(Br)c1)C1CCCNCC1. The molecule has 2 nitrogen and oxygen atoms in total. The molecule has 1 aromatic rings. The van der Waals surface area contributed by atoms with Crippen molar-refractivity contribution in [3.8, 4) is 0 Å². The van der Waals surface area contributed by atoms with Gasteiger partial charge in [-0.05, 0) is 72.3 Å². The monoisotopic (exact) mass is 302 g/mol. The topological polar surface area (TPSA) is 15.3 Å². The van der Waals surface area contributed by atoms with Crippen molar-refractivity contribution in [3.05, 3.63) is 20.8 Å². The van der Waals surface area contributed by atoms with Crippen LogP contribution < -0.4 is 5.32 Å². The van der Waals surface area contributed by atoms with Crippen molar-refractivity contribution in [1.29, 1.82) is 0 Å². The Balaban J connectivity index is 1.88. The first kappa shape index (κ1) is 12.6. The van der Waals surface area contributed by atoms with Gasteiger partial charge in [-0.25, -0.2) is 0 Å². The molecule has 2 heterocycles. The minimum atomic E-state index is 0.744. The third-order valence-corrected chi connectivity index (χ3v) is 4.78. The molecule has 0 aromatic carbocycles. The fourth-order valence-corrected chi connectivity index (χ4v) is 3.49. The fourth-order valence-electron chi connectivity index (χ4n) is 2.29. The van der Waals surface area contributed by atoms with E-state index in [0.717, 1.165) is 12.6 Å². The summed E-state index contributed by atoms with van der Waals surface area (Å²) in [6.45, 7) is 3.43. The third-order valence-electron chi connectivity index (χ3n) is 3.22. The molecule has 1 N–H and O–H groups in total. The number of hydrogen-bond donors (Lipinski definition) is 1. The number of nitrogens with one attached hydrogen (secondary N) is 1. The van der Waals surface area contributed by atoms with E-state index in [0.29, 0.717) is 0 Å². The van der Waals surface area contributed by atoms with Gasteiger partial charge in [0.2, 0.25) is 0 Å². The van der Waals surface area contributed by atoms with Crippen LogP contribution in [0.15, 0.2) is 15.2 Å². The Kier molecular flexibility index (Phi) is 4.82. The lowest BCUT2D eigenvalue weighted by molar-refractivity contribution is 0.217. The molecule has 1 aliphatic heterocycles. The van der Waals surface area contributed by atoms with Crippen molar-refractivity contribution >= 4 is 27.3 Å². The molecule has 1 saturated heterocycles. The zero-order chi connectivity index (χ0) is 11.4. The van der Waals surface area contributed by atoms with Crippen LogP contribution >= 0.6 is 27.3 Å². The summed E-state index contributed by atoms with van der Waals surface area (Å²) in [4.78, 5) is 2.50. The normalized spacial score (nSPS) is 22.3. The summed E-state index contributed by atoms with van der Waals surface area (Å²) in [5.74, 6) is 0. The third kappa shape index (κ3) is 3.55. The Hall–Kier alpha value is 0.1000. The highest BCUT2D eigenvalue weighted by atomic mass is 79.9. The van der Waals surface area contributed by atoms with Gasteiger partial charge < -0.3 is 5.32 Å². The van der Waals surface area contributed by atoms with Crippen LogP contribution in [0, 0.1) is 0 Å². The highest BCUT2D eigenvalue weighted by Gasteiger charge is 2.16. The van der Waals surface area contributed by atoms with Crippen LogP contribution in [0.25, 0.3) is 0 Å². The minimum Gasteiger partial charge on any atom is -0.317 e. The summed E-state index contributed by atoms with van der Waals surface area (Å²) in [7, 11) is 2.25. The molecule has 1 aliphatic rings. The van der Waals surface area contributed by atoms with Gasteiger partial charge >= 0.3 is 0 Å². The second-order valence-electron chi connectivity index (χ2n) is 4.51. The van der Waals surface area contributed by atoms with E-state index in [1.165, 1.54) is 41.7 Å². The van der Waals surface area contributed by atoms with Gasteiger partial charge in [-0.3, -0.25) is 4.90 Å². The maximum absolute atomic E-state index is 3.52. The summed E-state index contributed by atoms with van der Waals surface area (Å²) in [6, 6.07) is 2.98. The Morgan fingerprint density at radius 1 is 1.50 bits per heavy atom. The van der Waals surface area contributed by atoms with Crippen LogP contribution in [-0.2, 0) is 6.54 Å². The molecule has 0 saturated carbocycles. The van der Waals surface area contributed by atoms with E-state index in [9.17, 15) is 0 Å². The molecule has 90 valence electrons. The lowest BCUT2D eigenvalue weighted by atomic mass is 10.1. The largest absolute Gasteiger partial charge is 0.317 e. The van der Waals surface area contributed by atoms with E-state index < -0.39 is 0 Å². The lowest BCUT2D eigenvalue weighted by Crippen LogP contribution is -2.31. The summed E-state index contributed by atoms with van der Waals surface area (Å²) < 4.78 is 1.23. The van der Waals surface area contributed by atoms with Crippen molar-refractivity contribution in [2.75, 3.05) is 20.1 Å². The molecule has 0 aliphatic carbocycles. The molecule has 0 spiro atoms. The van der Waals surface area contributed by atoms with E-state index in [-0.39, 0.29) is 0 Å². The van der Waals surface area contributed by atoms with Gasteiger partial charge in [0.15, 0.2) is 0 Å². The van der Waals surface area contributed by atoms with Crippen LogP contribution in [0.2, 0.25) is 0 Å². The van der Waals surface area contributed by atoms with Crippen LogP contribution in [0.5, 0.6) is 0 Å². The van der Waals surface area contributed by atoms with E-state index in [1.54, 1.807) is 11.3 Å². The Morgan fingerprint density at radius 2 is 2.38 bits per heavy atom. The zero-order valence-corrected chi connectivity index (χ0v) is 12.1. The molecular weight excluding hydrogens is 284 g/mol. The summed E-state index contributed by atoms with van der Waals surface area (Å²) in [6.07, 6.45) is 3.92. The maximum Gasteiger partial charge on any atom is 0.0701 e. The molecule has 0 amide bonds. The molecule has 1 aromatic heterocycles. The van der Waals surface area contributed by atoms with Crippen LogP contribution in [0.4, 0.5) is 0 Å². The number of rotatable bonds is 3. The highest BCUT2D eigenvalue weighted by molar-refractivity contribution is 9.11. The lowest BCUT2D eigenvalue weighted by Gasteiger charge is -2.26. The van der Waals surface area contributed by atoms with Gasteiger partial charge in [-0.2, -0.15) is 0 Å². The molecule has 1 unspecified atom stereocenters.